The van der Waals surface area contributed by atoms with Gasteiger partial charge in [-0.2, -0.15) is 0 Å². The Morgan fingerprint density at radius 1 is 1.25 bits per heavy atom. The molecule has 0 spiro atoms. The molecule has 1 aromatic carbocycles. The number of aromatic nitrogens is 2. The monoisotopic (exact) mass is 385 g/mol. The Morgan fingerprint density at radius 3 is 2.64 bits per heavy atom. The molecule has 0 bridgehead atoms. The van der Waals surface area contributed by atoms with Gasteiger partial charge >= 0.3 is 11.7 Å². The minimum atomic E-state index is -0.695. The van der Waals surface area contributed by atoms with Crippen molar-refractivity contribution in [2.24, 2.45) is 4.99 Å². The van der Waals surface area contributed by atoms with Crippen molar-refractivity contribution < 1.29 is 14.6 Å². The minimum absolute atomic E-state index is 0.0476. The van der Waals surface area contributed by atoms with Crippen molar-refractivity contribution in [3.8, 4) is 5.88 Å². The van der Waals surface area contributed by atoms with E-state index >= 15 is 0 Å². The van der Waals surface area contributed by atoms with Gasteiger partial charge in [0.05, 0.1) is 24.1 Å². The lowest BCUT2D eigenvalue weighted by Crippen LogP contribution is -2.36. The first-order valence-electron chi connectivity index (χ1n) is 9.24. The van der Waals surface area contributed by atoms with Gasteiger partial charge < -0.3 is 9.84 Å². The number of carbonyl (C=O) groups is 1. The first-order chi connectivity index (χ1) is 13.4. The van der Waals surface area contributed by atoms with Gasteiger partial charge in [0.2, 0.25) is 5.88 Å². The first-order valence-corrected chi connectivity index (χ1v) is 9.24. The van der Waals surface area contributed by atoms with Crippen LogP contribution in [0.25, 0.3) is 0 Å². The fourth-order valence-corrected chi connectivity index (χ4v) is 3.61. The predicted molar refractivity (Wildman–Crippen MR) is 105 cm³/mol. The normalized spacial score (nSPS) is 15.4. The van der Waals surface area contributed by atoms with Crippen LogP contribution < -0.4 is 11.2 Å². The van der Waals surface area contributed by atoms with Gasteiger partial charge in [0.25, 0.3) is 5.56 Å². The van der Waals surface area contributed by atoms with Crippen LogP contribution in [0, 0.1) is 0 Å². The molecule has 1 aromatic heterocycles. The van der Waals surface area contributed by atoms with Crippen molar-refractivity contribution in [2.45, 2.75) is 45.1 Å². The van der Waals surface area contributed by atoms with Crippen molar-refractivity contribution in [1.82, 2.24) is 9.55 Å². The minimum Gasteiger partial charge on any atom is -0.494 e. The van der Waals surface area contributed by atoms with Crippen LogP contribution in [-0.4, -0.2) is 33.4 Å². The number of nitrogens with one attached hydrogen (secondary N) is 1. The second-order valence-corrected chi connectivity index (χ2v) is 6.86. The van der Waals surface area contributed by atoms with Crippen LogP contribution >= 0.6 is 0 Å². The maximum absolute atomic E-state index is 12.4. The van der Waals surface area contributed by atoms with Crippen molar-refractivity contribution in [1.29, 1.82) is 0 Å². The lowest BCUT2D eigenvalue weighted by Gasteiger charge is -2.25. The second kappa shape index (κ2) is 8.24. The number of nitrogens with zero attached hydrogens (tertiary/aromatic N) is 2. The molecule has 0 radical (unpaired) electrons. The summed E-state index contributed by atoms with van der Waals surface area (Å²) in [5, 5.41) is 10.7. The van der Waals surface area contributed by atoms with E-state index in [1.165, 1.54) is 17.7 Å². The third kappa shape index (κ3) is 3.90. The van der Waals surface area contributed by atoms with Crippen LogP contribution in [0.4, 0.5) is 5.69 Å². The van der Waals surface area contributed by atoms with Crippen LogP contribution in [0.15, 0.2) is 38.8 Å². The molecule has 1 heterocycles. The van der Waals surface area contributed by atoms with Gasteiger partial charge in [-0.15, -0.1) is 0 Å². The largest absolute Gasteiger partial charge is 0.494 e. The summed E-state index contributed by atoms with van der Waals surface area (Å²) in [7, 11) is 1.29. The molecule has 148 valence electrons. The number of esters is 1. The Hall–Kier alpha value is -3.16. The Morgan fingerprint density at radius 2 is 1.96 bits per heavy atom. The number of benzene rings is 1. The van der Waals surface area contributed by atoms with Crippen LogP contribution in [0.2, 0.25) is 0 Å². The van der Waals surface area contributed by atoms with Gasteiger partial charge in [-0.05, 0) is 38.0 Å². The van der Waals surface area contributed by atoms with Crippen LogP contribution in [0.1, 0.15) is 61.0 Å². The Labute approximate surface area is 161 Å². The van der Waals surface area contributed by atoms with Crippen molar-refractivity contribution >= 4 is 17.4 Å². The lowest BCUT2D eigenvalue weighted by atomic mass is 9.95. The smallest absolute Gasteiger partial charge is 0.337 e. The summed E-state index contributed by atoms with van der Waals surface area (Å²) in [6.07, 6.45) is 4.59. The number of ether oxygens (including phenoxy) is 1. The van der Waals surface area contributed by atoms with E-state index in [9.17, 15) is 19.5 Å². The summed E-state index contributed by atoms with van der Waals surface area (Å²) in [4.78, 5) is 43.0. The van der Waals surface area contributed by atoms with Crippen molar-refractivity contribution in [3.63, 3.8) is 0 Å². The fourth-order valence-electron chi connectivity index (χ4n) is 3.61. The number of carbonyl (C=O) groups excluding carboxylic acids is 1. The highest BCUT2D eigenvalue weighted by molar-refractivity contribution is 6.02. The van der Waals surface area contributed by atoms with Gasteiger partial charge in [-0.3, -0.25) is 19.3 Å². The van der Waals surface area contributed by atoms with Crippen molar-refractivity contribution in [3.05, 3.63) is 56.2 Å². The molecule has 8 heteroatoms. The molecule has 8 nitrogen and oxygen atoms in total. The van der Waals surface area contributed by atoms with E-state index < -0.39 is 17.2 Å². The molecular weight excluding hydrogens is 362 g/mol. The summed E-state index contributed by atoms with van der Waals surface area (Å²) >= 11 is 0. The maximum atomic E-state index is 12.4. The molecule has 1 fully saturated rings. The first kappa shape index (κ1) is 19.6. The van der Waals surface area contributed by atoms with E-state index in [2.05, 4.69) is 9.98 Å². The Bertz CT molecular complexity index is 1030. The zero-order valence-electron chi connectivity index (χ0n) is 15.9. The third-order valence-electron chi connectivity index (χ3n) is 4.98. The van der Waals surface area contributed by atoms with E-state index in [4.69, 9.17) is 4.74 Å². The quantitative estimate of drug-likeness (QED) is 0.620. The van der Waals surface area contributed by atoms with Gasteiger partial charge in [0.1, 0.15) is 5.56 Å². The number of hydrogen-bond donors (Lipinski definition) is 2. The average molecular weight is 385 g/mol. The summed E-state index contributed by atoms with van der Waals surface area (Å²) in [6, 6.07) is 6.28. The Kier molecular flexibility index (Phi) is 5.77. The summed E-state index contributed by atoms with van der Waals surface area (Å²) in [5.74, 6) is -0.868. The highest BCUT2D eigenvalue weighted by atomic mass is 16.5. The molecule has 0 aliphatic heterocycles. The molecule has 1 aliphatic carbocycles. The highest BCUT2D eigenvalue weighted by Crippen LogP contribution is 2.30. The molecule has 0 unspecified atom stereocenters. The van der Waals surface area contributed by atoms with Gasteiger partial charge in [0.15, 0.2) is 0 Å². The number of aromatic amines is 1. The molecular formula is C20H23N3O5. The van der Waals surface area contributed by atoms with Crippen LogP contribution in [0.5, 0.6) is 5.88 Å². The summed E-state index contributed by atoms with van der Waals surface area (Å²) < 4.78 is 5.96. The molecule has 2 N–H and O–H groups in total. The van der Waals surface area contributed by atoms with Gasteiger partial charge in [-0.1, -0.05) is 25.3 Å². The number of hydrogen-bond acceptors (Lipinski definition) is 6. The number of rotatable bonds is 4. The van der Waals surface area contributed by atoms with E-state index in [0.717, 1.165) is 32.1 Å². The molecule has 3 rings (SSSR count). The number of aromatic hydroxyl groups is 1. The highest BCUT2D eigenvalue weighted by Gasteiger charge is 2.24. The molecule has 0 saturated heterocycles. The van der Waals surface area contributed by atoms with E-state index in [1.807, 2.05) is 0 Å². The molecule has 28 heavy (non-hydrogen) atoms. The molecule has 2 aromatic rings. The molecule has 1 aliphatic rings. The predicted octanol–water partition coefficient (Wildman–Crippen LogP) is 2.67. The maximum Gasteiger partial charge on any atom is 0.337 e. The zero-order chi connectivity index (χ0) is 20.3. The SMILES string of the molecule is COC(=O)c1cccc(N=C(C)c2c(O)n(C3CCCCC3)c(=O)[nH]c2=O)c1. The van der Waals surface area contributed by atoms with Crippen molar-refractivity contribution in [2.75, 3.05) is 7.11 Å². The number of methoxy groups -OCH3 is 1. The molecule has 0 amide bonds. The standard InChI is InChI=1S/C20H23N3O5/c1-12(21-14-8-6-7-13(11-14)19(26)28-2)16-17(24)22-20(27)23(18(16)25)15-9-4-3-5-10-15/h6-8,11,15,25H,3-5,9-10H2,1-2H3,(H,22,24,27). The van der Waals surface area contributed by atoms with E-state index in [-0.39, 0.29) is 23.2 Å². The fraction of sp³-hybridized carbons (Fsp3) is 0.400. The van der Waals surface area contributed by atoms with Gasteiger partial charge in [-0.25, -0.2) is 9.59 Å². The zero-order valence-corrected chi connectivity index (χ0v) is 15.9. The van der Waals surface area contributed by atoms with E-state index in [0.29, 0.717) is 11.3 Å². The average Bonchev–Trinajstić information content (AvgIpc) is 2.68. The number of aliphatic imine (C=N–C) groups is 1. The molecule has 0 atom stereocenters. The van der Waals surface area contributed by atoms with E-state index in [1.54, 1.807) is 25.1 Å². The molecule has 1 saturated carbocycles. The van der Waals surface area contributed by atoms with Gasteiger partial charge in [0, 0.05) is 6.04 Å². The lowest BCUT2D eigenvalue weighted by molar-refractivity contribution is 0.0600. The van der Waals surface area contributed by atoms with Crippen LogP contribution in [-0.2, 0) is 4.74 Å². The topological polar surface area (TPSA) is 114 Å². The second-order valence-electron chi connectivity index (χ2n) is 6.86. The van der Waals surface area contributed by atoms with Crippen LogP contribution in [0.3, 0.4) is 0 Å². The number of H-pyrrole nitrogens is 1. The Balaban J connectivity index is 2.05. The summed E-state index contributed by atoms with van der Waals surface area (Å²) in [5.41, 5.74) is -0.367. The third-order valence-corrected chi connectivity index (χ3v) is 4.98. The summed E-state index contributed by atoms with van der Waals surface area (Å²) in [6.45, 7) is 1.57.